The lowest BCUT2D eigenvalue weighted by atomic mass is 9.96. The number of rotatable bonds is 8. The van der Waals surface area contributed by atoms with Crippen LogP contribution in [0.5, 0.6) is 0 Å². The Morgan fingerprint density at radius 2 is 1.86 bits per heavy atom. The number of thiophene rings is 1. The van der Waals surface area contributed by atoms with Crippen LogP contribution in [0.4, 0.5) is 11.4 Å². The molecule has 10 heteroatoms. The molecule has 0 aliphatic carbocycles. The molecule has 1 unspecified atom stereocenters. The molecule has 3 aromatic rings. The van der Waals surface area contributed by atoms with Crippen molar-refractivity contribution >= 4 is 52.2 Å². The summed E-state index contributed by atoms with van der Waals surface area (Å²) in [6, 6.07) is 15.1. The van der Waals surface area contributed by atoms with E-state index >= 15 is 0 Å². The molecule has 1 aliphatic rings. The van der Waals surface area contributed by atoms with Crippen LogP contribution < -0.4 is 10.2 Å². The minimum Gasteiger partial charge on any atom is -0.481 e. The van der Waals surface area contributed by atoms with Crippen LogP contribution in [-0.4, -0.2) is 59.6 Å². The normalized spacial score (nSPS) is 14.1. The zero-order chi connectivity index (χ0) is 26.7. The van der Waals surface area contributed by atoms with Crippen molar-refractivity contribution in [2.24, 2.45) is 0 Å². The number of nitrogens with one attached hydrogen (secondary N) is 1. The number of benzene rings is 2. The Hall–Kier alpha value is -4.31. The Labute approximate surface area is 217 Å². The fourth-order valence-corrected chi connectivity index (χ4v) is 4.72. The Balaban J connectivity index is 1.54. The summed E-state index contributed by atoms with van der Waals surface area (Å²) in [5.74, 6) is -2.96. The summed E-state index contributed by atoms with van der Waals surface area (Å²) < 4.78 is 0. The van der Waals surface area contributed by atoms with Gasteiger partial charge in [0.1, 0.15) is 6.54 Å². The second-order valence-corrected chi connectivity index (χ2v) is 9.65. The van der Waals surface area contributed by atoms with Crippen molar-refractivity contribution < 1.29 is 29.1 Å². The molecule has 3 amide bonds. The van der Waals surface area contributed by atoms with E-state index in [4.69, 9.17) is 5.11 Å². The molecule has 0 radical (unpaired) electrons. The zero-order valence-corrected chi connectivity index (χ0v) is 21.1. The smallest absolute Gasteiger partial charge is 0.305 e. The number of likely N-dealkylation sites (N-methyl/N-ethyl adjacent to an activating group) is 1. The van der Waals surface area contributed by atoms with Crippen molar-refractivity contribution in [3.05, 3.63) is 81.5 Å². The Morgan fingerprint density at radius 3 is 2.57 bits per heavy atom. The zero-order valence-electron chi connectivity index (χ0n) is 20.3. The Bertz CT molecular complexity index is 1380. The van der Waals surface area contributed by atoms with Crippen LogP contribution in [0.2, 0.25) is 0 Å². The van der Waals surface area contributed by atoms with Crippen molar-refractivity contribution in [1.82, 2.24) is 4.90 Å². The predicted octanol–water partition coefficient (Wildman–Crippen LogP) is 3.61. The number of carboxylic acids is 1. The van der Waals surface area contributed by atoms with Crippen molar-refractivity contribution in [3.8, 4) is 0 Å². The summed E-state index contributed by atoms with van der Waals surface area (Å²) in [5, 5.41) is 13.6. The standard InChI is InChI=1S/C27H25N3O6S/c1-16(17-5-3-6-18(13-17)25(34)22-7-4-12-37-22)26(35)28-19-8-9-21-20(14-19)27(36)30(11-10-24(32)33)15-23(31)29(21)2/h3-9,12-14,16H,10-11,15H2,1-2H3,(H,28,35)(H,32,33). The largest absolute Gasteiger partial charge is 0.481 e. The molecule has 0 fully saturated rings. The van der Waals surface area contributed by atoms with E-state index in [1.807, 2.05) is 11.4 Å². The molecule has 190 valence electrons. The summed E-state index contributed by atoms with van der Waals surface area (Å²) in [6.07, 6.45) is -0.292. The van der Waals surface area contributed by atoms with Crippen molar-refractivity contribution in [3.63, 3.8) is 0 Å². The van der Waals surface area contributed by atoms with Gasteiger partial charge in [-0.3, -0.25) is 24.0 Å². The molecule has 2 N–H and O–H groups in total. The highest BCUT2D eigenvalue weighted by atomic mass is 32.1. The molecule has 1 aliphatic heterocycles. The molecule has 0 saturated carbocycles. The number of hydrogen-bond acceptors (Lipinski definition) is 6. The average Bonchev–Trinajstić information content (AvgIpc) is 3.41. The van der Waals surface area contributed by atoms with Gasteiger partial charge in [0.25, 0.3) is 5.91 Å². The Morgan fingerprint density at radius 1 is 1.08 bits per heavy atom. The molecule has 0 bridgehead atoms. The van der Waals surface area contributed by atoms with Gasteiger partial charge >= 0.3 is 5.97 Å². The summed E-state index contributed by atoms with van der Waals surface area (Å²) in [7, 11) is 1.54. The molecule has 2 heterocycles. The van der Waals surface area contributed by atoms with E-state index in [2.05, 4.69) is 5.32 Å². The first-order valence-electron chi connectivity index (χ1n) is 11.6. The topological polar surface area (TPSA) is 124 Å². The highest BCUT2D eigenvalue weighted by molar-refractivity contribution is 7.12. The third-order valence-electron chi connectivity index (χ3n) is 6.23. The molecule has 4 rings (SSSR count). The summed E-state index contributed by atoms with van der Waals surface area (Å²) in [6.45, 7) is 1.37. The number of carboxylic acid groups (broad SMARTS) is 1. The van der Waals surface area contributed by atoms with E-state index in [-0.39, 0.29) is 42.7 Å². The van der Waals surface area contributed by atoms with E-state index in [9.17, 15) is 24.0 Å². The highest BCUT2D eigenvalue weighted by Crippen LogP contribution is 2.29. The summed E-state index contributed by atoms with van der Waals surface area (Å²) in [5.41, 5.74) is 2.07. The molecule has 37 heavy (non-hydrogen) atoms. The molecule has 0 spiro atoms. The first kappa shape index (κ1) is 25.8. The van der Waals surface area contributed by atoms with Crippen LogP contribution in [0.3, 0.4) is 0 Å². The minimum atomic E-state index is -1.07. The van der Waals surface area contributed by atoms with Crippen molar-refractivity contribution in [1.29, 1.82) is 0 Å². The van der Waals surface area contributed by atoms with Crippen LogP contribution in [0.15, 0.2) is 60.0 Å². The summed E-state index contributed by atoms with van der Waals surface area (Å²) >= 11 is 1.35. The lowest BCUT2D eigenvalue weighted by molar-refractivity contribution is -0.137. The molecule has 2 aromatic carbocycles. The predicted molar refractivity (Wildman–Crippen MR) is 139 cm³/mol. The number of carbonyl (C=O) groups is 5. The number of ketones is 1. The van der Waals surface area contributed by atoms with Gasteiger partial charge in [-0.15, -0.1) is 11.3 Å². The van der Waals surface area contributed by atoms with Crippen LogP contribution in [0.1, 0.15) is 50.4 Å². The number of aliphatic carboxylic acids is 1. The maximum atomic E-state index is 13.1. The van der Waals surface area contributed by atoms with Crippen molar-refractivity contribution in [2.75, 3.05) is 30.4 Å². The van der Waals surface area contributed by atoms with Gasteiger partial charge < -0.3 is 20.2 Å². The molecule has 9 nitrogen and oxygen atoms in total. The van der Waals surface area contributed by atoms with Gasteiger partial charge in [0, 0.05) is 24.8 Å². The number of amides is 3. The SMILES string of the molecule is CC(C(=O)Nc1ccc2c(c1)C(=O)N(CCC(=O)O)CC(=O)N2C)c1cccc(C(=O)c2cccs2)c1. The van der Waals surface area contributed by atoms with E-state index in [0.717, 1.165) is 0 Å². The van der Waals surface area contributed by atoms with Crippen LogP contribution in [-0.2, 0) is 14.4 Å². The molecule has 0 saturated heterocycles. The molecular formula is C27H25N3O6S. The average molecular weight is 520 g/mol. The van der Waals surface area contributed by atoms with Gasteiger partial charge in [0.05, 0.1) is 28.5 Å². The molecular weight excluding hydrogens is 494 g/mol. The monoisotopic (exact) mass is 519 g/mol. The second-order valence-electron chi connectivity index (χ2n) is 8.70. The Kier molecular flexibility index (Phi) is 7.49. The van der Waals surface area contributed by atoms with Gasteiger partial charge in [-0.2, -0.15) is 0 Å². The highest BCUT2D eigenvalue weighted by Gasteiger charge is 2.30. The van der Waals surface area contributed by atoms with Gasteiger partial charge in [-0.05, 0) is 48.2 Å². The van der Waals surface area contributed by atoms with E-state index < -0.39 is 17.8 Å². The van der Waals surface area contributed by atoms with Crippen LogP contribution in [0.25, 0.3) is 0 Å². The van der Waals surface area contributed by atoms with E-state index in [1.165, 1.54) is 27.2 Å². The first-order valence-corrected chi connectivity index (χ1v) is 12.4. The lowest BCUT2D eigenvalue weighted by Gasteiger charge is -2.19. The van der Waals surface area contributed by atoms with Gasteiger partial charge in [-0.1, -0.05) is 24.3 Å². The number of carbonyl (C=O) groups excluding carboxylic acids is 4. The molecule has 1 atom stereocenters. The molecule has 1 aromatic heterocycles. The number of fused-ring (bicyclic) bond motifs is 1. The number of hydrogen-bond donors (Lipinski definition) is 2. The van der Waals surface area contributed by atoms with Crippen molar-refractivity contribution in [2.45, 2.75) is 19.3 Å². The van der Waals surface area contributed by atoms with Gasteiger partial charge in [0.15, 0.2) is 0 Å². The summed E-state index contributed by atoms with van der Waals surface area (Å²) in [4.78, 5) is 65.6. The fraction of sp³-hybridized carbons (Fsp3) is 0.222. The lowest BCUT2D eigenvalue weighted by Crippen LogP contribution is -2.38. The maximum absolute atomic E-state index is 13.1. The van der Waals surface area contributed by atoms with E-state index in [1.54, 1.807) is 56.4 Å². The number of nitrogens with zero attached hydrogens (tertiary/aromatic N) is 2. The van der Waals surface area contributed by atoms with Gasteiger partial charge in [0.2, 0.25) is 17.6 Å². The minimum absolute atomic E-state index is 0.110. The van der Waals surface area contributed by atoms with E-state index in [0.29, 0.717) is 27.4 Å². The van der Waals surface area contributed by atoms with Gasteiger partial charge in [-0.25, -0.2) is 0 Å². The van der Waals surface area contributed by atoms with Crippen LogP contribution >= 0.6 is 11.3 Å². The fourth-order valence-electron chi connectivity index (χ4n) is 4.04. The number of anilines is 2. The third kappa shape index (κ3) is 5.59. The maximum Gasteiger partial charge on any atom is 0.305 e. The second kappa shape index (κ2) is 10.8. The quantitative estimate of drug-likeness (QED) is 0.438. The third-order valence-corrected chi connectivity index (χ3v) is 7.09. The van der Waals surface area contributed by atoms with Crippen LogP contribution in [0, 0.1) is 0 Å². The first-order chi connectivity index (χ1) is 17.7.